The summed E-state index contributed by atoms with van der Waals surface area (Å²) in [5.41, 5.74) is 0. The molecule has 4 N–H and O–H groups in total. The number of nitrogens with one attached hydrogen (secondary N) is 4. The van der Waals surface area contributed by atoms with Gasteiger partial charge in [-0.25, -0.2) is 0 Å². The molecule has 0 unspecified atom stereocenters. The van der Waals surface area contributed by atoms with E-state index in [1.807, 2.05) is 0 Å². The first-order valence-corrected chi connectivity index (χ1v) is 27.6. The Bertz CT molecular complexity index is 1810. The van der Waals surface area contributed by atoms with Crippen molar-refractivity contribution in [2.75, 3.05) is 50.0 Å². The van der Waals surface area contributed by atoms with Crippen LogP contribution >= 0.6 is 39.1 Å². The summed E-state index contributed by atoms with van der Waals surface area (Å²) in [6, 6.07) is 23.5. The Hall–Kier alpha value is -2.45. The fourth-order valence-corrected chi connectivity index (χ4v) is 14.0. The van der Waals surface area contributed by atoms with Gasteiger partial charge in [0.1, 0.15) is 0 Å². The Morgan fingerprint density at radius 1 is 0.623 bits per heavy atom. The first-order valence-electron chi connectivity index (χ1n) is 19.5. The van der Waals surface area contributed by atoms with Crippen molar-refractivity contribution in [3.05, 3.63) is 60.7 Å². The molecule has 4 aliphatic rings. The van der Waals surface area contributed by atoms with Crippen LogP contribution in [0.15, 0.2) is 60.7 Å². The van der Waals surface area contributed by atoms with Crippen LogP contribution in [0.25, 0.3) is 0 Å². The van der Waals surface area contributed by atoms with Gasteiger partial charge in [0.2, 0.25) is 0 Å². The van der Waals surface area contributed by atoms with Gasteiger partial charge >= 0.3 is 77.9 Å². The third-order valence-corrected chi connectivity index (χ3v) is 17.3. The quantitative estimate of drug-likeness (QED) is 0.0769. The van der Waals surface area contributed by atoms with E-state index in [4.69, 9.17) is 4.43 Å². The minimum absolute atomic E-state index is 0.0255. The zero-order valence-electron chi connectivity index (χ0n) is 34.0. The number of hydrogen-bond donors (Lipinski definition) is 4. The molecule has 61 heavy (non-hydrogen) atoms. The number of benzene rings is 2. The second-order valence-electron chi connectivity index (χ2n) is 16.4. The fraction of sp³-hybridized carbons (Fsp3) is 0.583. The van der Waals surface area contributed by atoms with E-state index >= 15 is 0 Å². The number of carbonyl (C=O) groups is 1. The Labute approximate surface area is 357 Å². The summed E-state index contributed by atoms with van der Waals surface area (Å²) in [5, 5.41) is 18.0. The van der Waals surface area contributed by atoms with E-state index in [2.05, 4.69) is 124 Å². The van der Waals surface area contributed by atoms with Gasteiger partial charge in [-0.3, -0.25) is 35.2 Å². The third kappa shape index (κ3) is 19.4. The molecule has 0 bridgehead atoms. The van der Waals surface area contributed by atoms with Crippen LogP contribution in [0.1, 0.15) is 53.4 Å². The molecule has 4 atom stereocenters. The second kappa shape index (κ2) is 17.8. The summed E-state index contributed by atoms with van der Waals surface area (Å²) in [6.45, 7) is 13.7. The average Bonchev–Trinajstić information content (AvgIpc) is 3.11. The molecule has 2 aromatic rings. The van der Waals surface area contributed by atoms with E-state index in [-0.39, 0.29) is 16.2 Å². The van der Waals surface area contributed by atoms with Gasteiger partial charge in [0.15, 0.2) is 5.12 Å². The fourth-order valence-electron chi connectivity index (χ4n) is 7.49. The molecule has 0 saturated carbocycles. The first kappa shape index (κ1) is 51.2. The van der Waals surface area contributed by atoms with Crippen molar-refractivity contribution in [3.8, 4) is 0 Å². The molecule has 0 aromatic heterocycles. The first-order chi connectivity index (χ1) is 27.6. The number of nitrogens with zero attached hydrogens (tertiary/aromatic N) is 2. The van der Waals surface area contributed by atoms with Crippen molar-refractivity contribution in [3.63, 3.8) is 0 Å². The standard InChI is InChI=1S/C36H52N6O2S2Si.2F6P/c1-27(43)46-26-31-18-22-42-21-17-30(39-35(42)40-31)25-45-24-29-16-20-41-19-15-28(37-34(41)38-29)23-44-47(36(2,3)4,32-11-7-5-8-12-32)33-13-9-6-10-14-33;2*1-7(2,3,4,5)6/h5-14,28-31H,15-26H2,1-4H3,(H2,37,38,39,40);;/q;2*-1/p+2/t28-,29-,30-,31-;;/m1../s1. The van der Waals surface area contributed by atoms with Crippen LogP contribution in [0.3, 0.4) is 0 Å². The number of hydrogen-bond acceptors (Lipinski definition) is 8. The monoisotopic (exact) mass is 984 g/mol. The Balaban J connectivity index is 0.000000504. The van der Waals surface area contributed by atoms with Gasteiger partial charge in [-0.15, -0.1) is 0 Å². The molecule has 0 spiro atoms. The zero-order chi connectivity index (χ0) is 45.7. The van der Waals surface area contributed by atoms with E-state index < -0.39 is 23.9 Å². The van der Waals surface area contributed by atoms with E-state index in [1.165, 1.54) is 46.9 Å². The van der Waals surface area contributed by atoms with Crippen molar-refractivity contribution in [1.82, 2.24) is 21.3 Å². The molecule has 2 aromatic carbocycles. The van der Waals surface area contributed by atoms with Crippen LogP contribution in [0.5, 0.6) is 0 Å². The van der Waals surface area contributed by atoms with Gasteiger partial charge < -0.3 is 4.43 Å². The summed E-state index contributed by atoms with van der Waals surface area (Å²) in [4.78, 5) is 11.4. The summed E-state index contributed by atoms with van der Waals surface area (Å²) >= 11 is 3.49. The molecule has 8 nitrogen and oxygen atoms in total. The summed E-state index contributed by atoms with van der Waals surface area (Å²) < 4.78 is 131. The summed E-state index contributed by atoms with van der Waals surface area (Å²) in [6.07, 6.45) is 4.51. The van der Waals surface area contributed by atoms with Crippen molar-refractivity contribution in [2.24, 2.45) is 0 Å². The molecule has 350 valence electrons. The van der Waals surface area contributed by atoms with Gasteiger partial charge in [0.05, 0.1) is 57.0 Å². The van der Waals surface area contributed by atoms with Gasteiger partial charge in [0.25, 0.3) is 8.32 Å². The molecule has 0 aliphatic carbocycles. The van der Waals surface area contributed by atoms with E-state index in [1.54, 1.807) is 6.92 Å². The topological polar surface area (TPSA) is 80.4 Å². The van der Waals surface area contributed by atoms with Gasteiger partial charge in [-0.2, -0.15) is 11.8 Å². The molecule has 0 amide bonds. The zero-order valence-corrected chi connectivity index (χ0v) is 38.4. The number of rotatable bonds is 11. The maximum absolute atomic E-state index is 11.4. The normalized spacial score (nSPS) is 24.3. The number of guanidine groups is 2. The van der Waals surface area contributed by atoms with E-state index in [0.717, 1.165) is 56.3 Å². The maximum atomic E-state index is 11.4. The van der Waals surface area contributed by atoms with Crippen LogP contribution in [0.4, 0.5) is 50.4 Å². The molecule has 0 radical (unpaired) electrons. The van der Waals surface area contributed by atoms with E-state index in [9.17, 15) is 55.2 Å². The molecule has 6 rings (SSSR count). The van der Waals surface area contributed by atoms with Crippen molar-refractivity contribution < 1.29 is 68.7 Å². The SMILES string of the molecule is CC(=O)SC[C@H]1CC[N+]2=C(N[C@@H](CSC[C@H]3CC[N+]4=C(N[C@@H](CO[Si](c5ccccc5)(c5ccccc5)C(C)(C)C)CC4)N3)CC2)N1.F[P-](F)(F)(F)(F)F.F[P-](F)(F)(F)(F)F. The predicted molar refractivity (Wildman–Crippen MR) is 227 cm³/mol. The van der Waals surface area contributed by atoms with Gasteiger partial charge in [-0.1, -0.05) is 93.2 Å². The van der Waals surface area contributed by atoms with Crippen molar-refractivity contribution in [2.45, 2.75) is 82.6 Å². The second-order valence-corrected chi connectivity index (χ2v) is 26.8. The van der Waals surface area contributed by atoms with Crippen LogP contribution in [-0.2, 0) is 9.22 Å². The molecule has 0 fully saturated rings. The Morgan fingerprint density at radius 3 is 1.30 bits per heavy atom. The molecular formula is C36H54F12N6O2P2S2Si. The third-order valence-electron chi connectivity index (χ3n) is 10.0. The van der Waals surface area contributed by atoms with Crippen LogP contribution in [-0.4, -0.2) is 109 Å². The van der Waals surface area contributed by atoms with E-state index in [0.29, 0.717) is 24.7 Å². The molecule has 25 heteroatoms. The number of carbonyl (C=O) groups excluding carboxylic acids is 1. The number of thioether (sulfide) groups is 2. The van der Waals surface area contributed by atoms with Crippen LogP contribution in [0, 0.1) is 0 Å². The van der Waals surface area contributed by atoms with Crippen LogP contribution in [0.2, 0.25) is 5.04 Å². The minimum atomic E-state index is -10.7. The molecule has 4 heterocycles. The van der Waals surface area contributed by atoms with Crippen molar-refractivity contribution in [1.29, 1.82) is 0 Å². The molecule has 0 saturated heterocycles. The Kier molecular flexibility index (Phi) is 15.0. The summed E-state index contributed by atoms with van der Waals surface area (Å²) in [5.74, 6) is 5.40. The summed E-state index contributed by atoms with van der Waals surface area (Å²) in [7, 11) is -23.9. The average molecular weight is 985 g/mol. The molecular weight excluding hydrogens is 931 g/mol. The van der Waals surface area contributed by atoms with Crippen LogP contribution < -0.4 is 31.6 Å². The van der Waals surface area contributed by atoms with Gasteiger partial charge in [0, 0.05) is 49.9 Å². The van der Waals surface area contributed by atoms with Gasteiger partial charge in [-0.05, 0) is 15.4 Å². The predicted octanol–water partition coefficient (Wildman–Crippen LogP) is 9.53. The molecule has 4 aliphatic heterocycles. The number of halogens is 12. The Morgan fingerprint density at radius 2 is 0.951 bits per heavy atom. The van der Waals surface area contributed by atoms with Crippen molar-refractivity contribution >= 4 is 74.9 Å².